The van der Waals surface area contributed by atoms with Crippen LogP contribution in [0.1, 0.15) is 18.4 Å². The molecule has 7 nitrogen and oxygen atoms in total. The quantitative estimate of drug-likeness (QED) is 0.708. The van der Waals surface area contributed by atoms with Gasteiger partial charge in [0.05, 0.1) is 12.8 Å². The highest BCUT2D eigenvalue weighted by Gasteiger charge is 2.39. The van der Waals surface area contributed by atoms with Gasteiger partial charge in [-0.05, 0) is 55.3 Å². The Morgan fingerprint density at radius 3 is 2.69 bits per heavy atom. The van der Waals surface area contributed by atoms with Crippen LogP contribution in [0, 0.1) is 0 Å². The van der Waals surface area contributed by atoms with Gasteiger partial charge in [-0.25, -0.2) is 4.79 Å². The minimum Gasteiger partial charge on any atom is -0.497 e. The van der Waals surface area contributed by atoms with Crippen molar-refractivity contribution in [3.8, 4) is 5.75 Å². The van der Waals surface area contributed by atoms with Crippen molar-refractivity contribution in [2.75, 3.05) is 25.5 Å². The van der Waals surface area contributed by atoms with E-state index in [0.717, 1.165) is 21.5 Å². The number of piperidine rings is 1. The van der Waals surface area contributed by atoms with Gasteiger partial charge in [0.25, 0.3) is 0 Å². The lowest BCUT2D eigenvalue weighted by Crippen LogP contribution is -2.45. The largest absolute Gasteiger partial charge is 0.497 e. The molecule has 152 valence electrons. The van der Waals surface area contributed by atoms with Crippen molar-refractivity contribution in [3.05, 3.63) is 64.6 Å². The highest BCUT2D eigenvalue weighted by atomic mass is 79.9. The van der Waals surface area contributed by atoms with E-state index in [9.17, 15) is 4.79 Å². The molecule has 0 aromatic heterocycles. The molecule has 2 N–H and O–H groups in total. The van der Waals surface area contributed by atoms with Gasteiger partial charge in [-0.1, -0.05) is 28.1 Å². The molecule has 4 rings (SSSR count). The smallest absolute Gasteiger partial charge is 0.430 e. The SMILES string of the molecule is COc1cccc(C2=CC3(CCN(OC(=O)Nc4ccc(Br)cc4)CC3)ON2)c1. The molecule has 1 amide bonds. The maximum atomic E-state index is 12.1. The molecule has 2 aliphatic rings. The molecule has 2 heterocycles. The summed E-state index contributed by atoms with van der Waals surface area (Å²) in [6.07, 6.45) is 3.03. The summed E-state index contributed by atoms with van der Waals surface area (Å²) in [5.74, 6) is 0.797. The average Bonchev–Trinajstić information content (AvgIpc) is 3.15. The van der Waals surface area contributed by atoms with E-state index >= 15 is 0 Å². The molecule has 1 fully saturated rings. The summed E-state index contributed by atoms with van der Waals surface area (Å²) in [6.45, 7) is 1.16. The standard InChI is InChI=1S/C21H22BrN3O4/c1-27-18-4-2-3-15(13-18)19-14-21(29-24-19)9-11-25(12-10-21)28-20(26)23-17-7-5-16(22)6-8-17/h2-8,13-14,24H,9-12H2,1H3,(H,23,26). The first-order valence-electron chi connectivity index (χ1n) is 9.36. The fraction of sp³-hybridized carbons (Fsp3) is 0.286. The molecule has 2 aromatic carbocycles. The van der Waals surface area contributed by atoms with Crippen LogP contribution < -0.4 is 15.5 Å². The van der Waals surface area contributed by atoms with E-state index in [1.54, 1.807) is 24.3 Å². The number of rotatable bonds is 4. The minimum atomic E-state index is -0.499. The van der Waals surface area contributed by atoms with Gasteiger partial charge in [-0.2, -0.15) is 0 Å². The van der Waals surface area contributed by atoms with Crippen molar-refractivity contribution < 1.29 is 19.2 Å². The maximum Gasteiger partial charge on any atom is 0.430 e. The fourth-order valence-corrected chi connectivity index (χ4v) is 3.67. The molecular weight excluding hydrogens is 438 g/mol. The molecule has 0 unspecified atom stereocenters. The Labute approximate surface area is 177 Å². The molecule has 0 bridgehead atoms. The number of amides is 1. The lowest BCUT2D eigenvalue weighted by atomic mass is 9.91. The third kappa shape index (κ3) is 4.72. The number of hydroxylamine groups is 3. The van der Waals surface area contributed by atoms with E-state index in [1.165, 1.54) is 0 Å². The summed E-state index contributed by atoms with van der Waals surface area (Å²) >= 11 is 3.37. The second-order valence-corrected chi connectivity index (χ2v) is 7.91. The summed E-state index contributed by atoms with van der Waals surface area (Å²) in [7, 11) is 1.65. The van der Waals surface area contributed by atoms with Gasteiger partial charge in [-0.15, -0.1) is 5.06 Å². The molecule has 1 saturated heterocycles. The fourth-order valence-electron chi connectivity index (χ4n) is 3.40. The molecule has 29 heavy (non-hydrogen) atoms. The monoisotopic (exact) mass is 459 g/mol. The van der Waals surface area contributed by atoms with Crippen LogP contribution >= 0.6 is 15.9 Å². The van der Waals surface area contributed by atoms with Crippen LogP contribution in [-0.2, 0) is 9.68 Å². The lowest BCUT2D eigenvalue weighted by Gasteiger charge is -2.35. The number of nitrogens with zero attached hydrogens (tertiary/aromatic N) is 1. The molecule has 0 atom stereocenters. The predicted octanol–water partition coefficient (Wildman–Crippen LogP) is 4.33. The van der Waals surface area contributed by atoms with Crippen molar-refractivity contribution in [3.63, 3.8) is 0 Å². The van der Waals surface area contributed by atoms with Crippen LogP contribution in [-0.4, -0.2) is 37.0 Å². The topological polar surface area (TPSA) is 72.1 Å². The number of halogens is 1. The summed E-state index contributed by atoms with van der Waals surface area (Å²) < 4.78 is 6.24. The zero-order valence-corrected chi connectivity index (χ0v) is 17.6. The normalized spacial score (nSPS) is 18.1. The van der Waals surface area contributed by atoms with E-state index in [2.05, 4.69) is 32.8 Å². The Hall–Kier alpha value is -2.55. The number of methoxy groups -OCH3 is 1. The van der Waals surface area contributed by atoms with Crippen LogP contribution in [0.2, 0.25) is 0 Å². The third-order valence-corrected chi connectivity index (χ3v) is 5.55. The molecule has 2 aliphatic heterocycles. The zero-order valence-electron chi connectivity index (χ0n) is 16.0. The number of hydrogen-bond acceptors (Lipinski definition) is 6. The van der Waals surface area contributed by atoms with Crippen LogP contribution in [0.15, 0.2) is 59.1 Å². The second-order valence-electron chi connectivity index (χ2n) is 7.00. The van der Waals surface area contributed by atoms with Gasteiger partial charge in [0.15, 0.2) is 0 Å². The van der Waals surface area contributed by atoms with Gasteiger partial charge in [-0.3, -0.25) is 15.6 Å². The van der Waals surface area contributed by atoms with Crippen molar-refractivity contribution in [1.29, 1.82) is 0 Å². The summed E-state index contributed by atoms with van der Waals surface area (Å²) in [6, 6.07) is 15.2. The van der Waals surface area contributed by atoms with Gasteiger partial charge < -0.3 is 9.57 Å². The zero-order chi connectivity index (χ0) is 20.3. The Balaban J connectivity index is 1.32. The van der Waals surface area contributed by atoms with Crippen molar-refractivity contribution in [2.45, 2.75) is 18.4 Å². The van der Waals surface area contributed by atoms with E-state index in [0.29, 0.717) is 31.6 Å². The Morgan fingerprint density at radius 1 is 1.21 bits per heavy atom. The number of nitrogens with one attached hydrogen (secondary N) is 2. The molecule has 8 heteroatoms. The summed E-state index contributed by atoms with van der Waals surface area (Å²) in [5, 5.41) is 4.39. The lowest BCUT2D eigenvalue weighted by molar-refractivity contribution is -0.153. The van der Waals surface area contributed by atoms with Gasteiger partial charge in [0.2, 0.25) is 0 Å². The Kier molecular flexibility index (Phi) is 5.75. The van der Waals surface area contributed by atoms with Crippen LogP contribution in [0.5, 0.6) is 5.75 Å². The Morgan fingerprint density at radius 2 is 1.97 bits per heavy atom. The number of carbonyl (C=O) groups excluding carboxylic acids is 1. The average molecular weight is 460 g/mol. The van der Waals surface area contributed by atoms with Gasteiger partial charge in [0, 0.05) is 28.8 Å². The maximum absolute atomic E-state index is 12.1. The first-order chi connectivity index (χ1) is 14.0. The molecule has 1 spiro atoms. The van der Waals surface area contributed by atoms with Crippen molar-refractivity contribution in [1.82, 2.24) is 10.5 Å². The minimum absolute atomic E-state index is 0.402. The van der Waals surface area contributed by atoms with Crippen LogP contribution in [0.25, 0.3) is 5.70 Å². The van der Waals surface area contributed by atoms with Gasteiger partial charge >= 0.3 is 6.09 Å². The summed E-state index contributed by atoms with van der Waals surface area (Å²) in [4.78, 5) is 23.5. The van der Waals surface area contributed by atoms with E-state index in [-0.39, 0.29) is 0 Å². The first-order valence-corrected chi connectivity index (χ1v) is 10.2. The first kappa shape index (κ1) is 19.8. The van der Waals surface area contributed by atoms with Crippen LogP contribution in [0.4, 0.5) is 10.5 Å². The highest BCUT2D eigenvalue weighted by Crippen LogP contribution is 2.35. The number of ether oxygens (including phenoxy) is 1. The van der Waals surface area contributed by atoms with E-state index in [4.69, 9.17) is 14.4 Å². The third-order valence-electron chi connectivity index (χ3n) is 5.02. The van der Waals surface area contributed by atoms with E-state index < -0.39 is 11.7 Å². The summed E-state index contributed by atoms with van der Waals surface area (Å²) in [5.41, 5.74) is 5.25. The molecule has 0 saturated carbocycles. The predicted molar refractivity (Wildman–Crippen MR) is 113 cm³/mol. The number of carbonyl (C=O) groups is 1. The number of benzene rings is 2. The Bertz CT molecular complexity index is 908. The van der Waals surface area contributed by atoms with Gasteiger partial charge in [0.1, 0.15) is 11.4 Å². The molecule has 0 aliphatic carbocycles. The second kappa shape index (κ2) is 8.44. The molecule has 2 aromatic rings. The van der Waals surface area contributed by atoms with E-state index in [1.807, 2.05) is 36.4 Å². The number of hydrogen-bond donors (Lipinski definition) is 2. The van der Waals surface area contributed by atoms with Crippen molar-refractivity contribution >= 4 is 33.4 Å². The highest BCUT2D eigenvalue weighted by molar-refractivity contribution is 9.10. The van der Waals surface area contributed by atoms with Crippen molar-refractivity contribution in [2.24, 2.45) is 0 Å². The molecule has 0 radical (unpaired) electrons. The molecular formula is C21H22BrN3O4. The van der Waals surface area contributed by atoms with Crippen LogP contribution in [0.3, 0.4) is 0 Å². The number of anilines is 1.